The summed E-state index contributed by atoms with van der Waals surface area (Å²) in [5.74, 6) is 3.94. The van der Waals surface area contributed by atoms with Gasteiger partial charge in [0.1, 0.15) is 0 Å². The maximum atomic E-state index is 12.5. The highest BCUT2D eigenvalue weighted by Gasteiger charge is 2.48. The minimum Gasteiger partial charge on any atom is -0.349 e. The van der Waals surface area contributed by atoms with E-state index in [-0.39, 0.29) is 5.91 Å². The average molecular weight is 304 g/mol. The van der Waals surface area contributed by atoms with Gasteiger partial charge in [0.15, 0.2) is 0 Å². The summed E-state index contributed by atoms with van der Waals surface area (Å²) < 4.78 is 0. The third kappa shape index (κ3) is 2.48. The summed E-state index contributed by atoms with van der Waals surface area (Å²) >= 11 is 5.80. The van der Waals surface area contributed by atoms with Crippen molar-refractivity contribution in [2.75, 3.05) is 0 Å². The maximum absolute atomic E-state index is 12.5. The molecule has 4 aliphatic carbocycles. The molecule has 5 rings (SSSR count). The van der Waals surface area contributed by atoms with Crippen LogP contribution in [0.1, 0.15) is 48.0 Å². The Kier molecular flexibility index (Phi) is 3.45. The zero-order valence-electron chi connectivity index (χ0n) is 12.2. The average Bonchev–Trinajstić information content (AvgIpc) is 2.50. The van der Waals surface area contributed by atoms with Crippen LogP contribution in [0.4, 0.5) is 0 Å². The summed E-state index contributed by atoms with van der Waals surface area (Å²) in [6.45, 7) is 0. The quantitative estimate of drug-likeness (QED) is 0.841. The van der Waals surface area contributed by atoms with Crippen LogP contribution in [0.5, 0.6) is 0 Å². The predicted molar refractivity (Wildman–Crippen MR) is 84.3 cm³/mol. The number of carbonyl (C=O) groups excluding carboxylic acids is 1. The summed E-state index contributed by atoms with van der Waals surface area (Å²) in [5, 5.41) is 3.34. The Morgan fingerprint density at radius 2 is 1.57 bits per heavy atom. The second-order valence-corrected chi connectivity index (χ2v) is 7.53. The number of nitrogens with one attached hydrogen (secondary N) is 1. The first-order valence-corrected chi connectivity index (χ1v) is 8.72. The van der Waals surface area contributed by atoms with E-state index >= 15 is 0 Å². The van der Waals surface area contributed by atoms with Crippen molar-refractivity contribution >= 4 is 17.5 Å². The molecule has 1 N–H and O–H groups in total. The zero-order chi connectivity index (χ0) is 14.4. The lowest BCUT2D eigenvalue weighted by atomic mass is 9.54. The Bertz CT molecular complexity index is 511. The lowest BCUT2D eigenvalue weighted by Gasteiger charge is -2.54. The molecule has 0 unspecified atom stereocenters. The predicted octanol–water partition coefficient (Wildman–Crippen LogP) is 3.98. The molecule has 4 aliphatic rings. The van der Waals surface area contributed by atoms with Crippen LogP contribution in [0, 0.1) is 23.7 Å². The molecular weight excluding hydrogens is 282 g/mol. The van der Waals surface area contributed by atoms with E-state index in [0.717, 1.165) is 34.8 Å². The molecule has 0 aromatic heterocycles. The van der Waals surface area contributed by atoms with Gasteiger partial charge < -0.3 is 5.32 Å². The SMILES string of the molecule is O=C(NC1C2CC3CC(C2)CC1C3)c1ccc(CCl)cc1. The number of hydrogen-bond donors (Lipinski definition) is 1. The van der Waals surface area contributed by atoms with Crippen LogP contribution in [-0.4, -0.2) is 11.9 Å². The molecule has 0 heterocycles. The highest BCUT2D eigenvalue weighted by molar-refractivity contribution is 6.17. The highest BCUT2D eigenvalue weighted by Crippen LogP contribution is 2.53. The molecule has 0 radical (unpaired) electrons. The van der Waals surface area contributed by atoms with Gasteiger partial charge in [0.05, 0.1) is 0 Å². The van der Waals surface area contributed by atoms with Gasteiger partial charge in [-0.05, 0) is 73.5 Å². The molecule has 112 valence electrons. The van der Waals surface area contributed by atoms with Gasteiger partial charge in [0, 0.05) is 17.5 Å². The minimum absolute atomic E-state index is 0.0913. The van der Waals surface area contributed by atoms with Crippen LogP contribution in [0.3, 0.4) is 0 Å². The van der Waals surface area contributed by atoms with Crippen LogP contribution in [0.15, 0.2) is 24.3 Å². The first-order chi connectivity index (χ1) is 10.2. The molecule has 1 amide bonds. The van der Waals surface area contributed by atoms with E-state index in [0.29, 0.717) is 11.9 Å². The number of hydrogen-bond acceptors (Lipinski definition) is 1. The Morgan fingerprint density at radius 1 is 1.00 bits per heavy atom. The third-order valence-corrected chi connectivity index (χ3v) is 6.20. The van der Waals surface area contributed by atoms with Crippen LogP contribution < -0.4 is 5.32 Å². The van der Waals surface area contributed by atoms with E-state index < -0.39 is 0 Å². The molecule has 1 aromatic carbocycles. The second kappa shape index (κ2) is 5.31. The molecule has 4 fully saturated rings. The van der Waals surface area contributed by atoms with Gasteiger partial charge in [-0.3, -0.25) is 4.79 Å². The van der Waals surface area contributed by atoms with Crippen molar-refractivity contribution in [1.82, 2.24) is 5.32 Å². The van der Waals surface area contributed by atoms with Gasteiger partial charge in [-0.2, -0.15) is 0 Å². The number of amides is 1. The van der Waals surface area contributed by atoms with E-state index in [1.807, 2.05) is 24.3 Å². The van der Waals surface area contributed by atoms with Gasteiger partial charge in [0.2, 0.25) is 0 Å². The van der Waals surface area contributed by atoms with E-state index in [2.05, 4.69) is 5.32 Å². The molecule has 0 saturated heterocycles. The fourth-order valence-electron chi connectivity index (χ4n) is 5.14. The van der Waals surface area contributed by atoms with E-state index in [9.17, 15) is 4.79 Å². The van der Waals surface area contributed by atoms with Crippen molar-refractivity contribution in [3.8, 4) is 0 Å². The maximum Gasteiger partial charge on any atom is 0.251 e. The van der Waals surface area contributed by atoms with Crippen LogP contribution in [0.2, 0.25) is 0 Å². The first-order valence-electron chi connectivity index (χ1n) is 8.18. The largest absolute Gasteiger partial charge is 0.349 e. The lowest BCUT2D eigenvalue weighted by molar-refractivity contribution is -0.0119. The van der Waals surface area contributed by atoms with Crippen molar-refractivity contribution < 1.29 is 4.79 Å². The van der Waals surface area contributed by atoms with Gasteiger partial charge in [-0.15, -0.1) is 11.6 Å². The van der Waals surface area contributed by atoms with Gasteiger partial charge in [-0.1, -0.05) is 12.1 Å². The van der Waals surface area contributed by atoms with Crippen LogP contribution >= 0.6 is 11.6 Å². The molecule has 3 heteroatoms. The third-order valence-electron chi connectivity index (χ3n) is 5.89. The molecule has 4 bridgehead atoms. The molecule has 0 aliphatic heterocycles. The minimum atomic E-state index is 0.0913. The van der Waals surface area contributed by atoms with Crippen molar-refractivity contribution in [2.45, 2.75) is 44.0 Å². The number of alkyl halides is 1. The lowest BCUT2D eigenvalue weighted by Crippen LogP contribution is -2.55. The summed E-state index contributed by atoms with van der Waals surface area (Å²) in [6.07, 6.45) is 6.80. The smallest absolute Gasteiger partial charge is 0.251 e. The molecule has 2 nitrogen and oxygen atoms in total. The van der Waals surface area contributed by atoms with Crippen molar-refractivity contribution in [3.63, 3.8) is 0 Å². The number of halogens is 1. The Labute approximate surface area is 131 Å². The fourth-order valence-corrected chi connectivity index (χ4v) is 5.32. The number of carbonyl (C=O) groups is 1. The summed E-state index contributed by atoms with van der Waals surface area (Å²) in [7, 11) is 0. The van der Waals surface area contributed by atoms with Crippen molar-refractivity contribution in [1.29, 1.82) is 0 Å². The van der Waals surface area contributed by atoms with Gasteiger partial charge >= 0.3 is 0 Å². The first kappa shape index (κ1) is 13.6. The summed E-state index contributed by atoms with van der Waals surface area (Å²) in [5.41, 5.74) is 1.82. The monoisotopic (exact) mass is 303 g/mol. The number of benzene rings is 1. The van der Waals surface area contributed by atoms with Crippen molar-refractivity contribution in [3.05, 3.63) is 35.4 Å². The van der Waals surface area contributed by atoms with E-state index in [1.54, 1.807) is 0 Å². The molecular formula is C18H22ClNO. The fraction of sp³-hybridized carbons (Fsp3) is 0.611. The van der Waals surface area contributed by atoms with Gasteiger partial charge in [0.25, 0.3) is 5.91 Å². The van der Waals surface area contributed by atoms with Crippen LogP contribution in [-0.2, 0) is 5.88 Å². The Balaban J connectivity index is 1.46. The van der Waals surface area contributed by atoms with E-state index in [4.69, 9.17) is 11.6 Å². The van der Waals surface area contributed by atoms with Crippen LogP contribution in [0.25, 0.3) is 0 Å². The molecule has 4 saturated carbocycles. The Morgan fingerprint density at radius 3 is 2.10 bits per heavy atom. The molecule has 21 heavy (non-hydrogen) atoms. The standard InChI is InChI=1S/C18H22ClNO/c19-10-11-1-3-14(4-2-11)18(21)20-17-15-6-12-5-13(8-15)9-16(17)7-12/h1-4,12-13,15-17H,5-10H2,(H,20,21). The molecule has 0 atom stereocenters. The summed E-state index contributed by atoms with van der Waals surface area (Å²) in [6, 6.07) is 8.09. The number of rotatable bonds is 3. The van der Waals surface area contributed by atoms with E-state index in [1.165, 1.54) is 32.1 Å². The molecule has 1 aromatic rings. The normalized spacial score (nSPS) is 36.7. The van der Waals surface area contributed by atoms with Crippen molar-refractivity contribution in [2.24, 2.45) is 23.7 Å². The summed E-state index contributed by atoms with van der Waals surface area (Å²) in [4.78, 5) is 12.5. The molecule has 0 spiro atoms. The Hall–Kier alpha value is -1.02. The topological polar surface area (TPSA) is 29.1 Å². The zero-order valence-corrected chi connectivity index (χ0v) is 13.0. The van der Waals surface area contributed by atoms with Gasteiger partial charge in [-0.25, -0.2) is 0 Å². The second-order valence-electron chi connectivity index (χ2n) is 7.26. The highest BCUT2D eigenvalue weighted by atomic mass is 35.5.